The van der Waals surface area contributed by atoms with E-state index >= 15 is 0 Å². The number of methoxy groups -OCH3 is 1. The van der Waals surface area contributed by atoms with Crippen LogP contribution in [0, 0.1) is 5.92 Å². The van der Waals surface area contributed by atoms with E-state index in [0.29, 0.717) is 5.92 Å². The monoisotopic (exact) mass is 269 g/mol. The van der Waals surface area contributed by atoms with Crippen LogP contribution in [0.5, 0.6) is 0 Å². The molecule has 2 atom stereocenters. The number of ether oxygens (including phenoxy) is 1. The second-order valence-electron chi connectivity index (χ2n) is 5.48. The van der Waals surface area contributed by atoms with E-state index in [1.165, 1.54) is 17.9 Å². The van der Waals surface area contributed by atoms with Crippen LogP contribution < -0.4 is 5.32 Å². The molecule has 2 aromatic carbocycles. The zero-order chi connectivity index (χ0) is 14.2. The molecule has 0 aliphatic heterocycles. The van der Waals surface area contributed by atoms with Crippen LogP contribution in [0.4, 0.5) is 0 Å². The van der Waals surface area contributed by atoms with Gasteiger partial charge in [0.15, 0.2) is 0 Å². The zero-order valence-electron chi connectivity index (χ0n) is 11.8. The highest BCUT2D eigenvalue weighted by molar-refractivity contribution is 5.90. The summed E-state index contributed by atoms with van der Waals surface area (Å²) in [6, 6.07) is 14.5. The SMILES string of the molecule is CNC[C@@H]1C[C@]1(C(=O)OC)c1ccc2ccccc2c1. The molecule has 104 valence electrons. The van der Waals surface area contributed by atoms with E-state index in [1.807, 2.05) is 19.2 Å². The van der Waals surface area contributed by atoms with E-state index in [0.717, 1.165) is 18.5 Å². The highest BCUT2D eigenvalue weighted by Crippen LogP contribution is 2.55. The quantitative estimate of drug-likeness (QED) is 0.867. The predicted molar refractivity (Wildman–Crippen MR) is 79.7 cm³/mol. The average molecular weight is 269 g/mol. The molecule has 0 unspecified atom stereocenters. The molecular formula is C17H19NO2. The van der Waals surface area contributed by atoms with Gasteiger partial charge in [-0.2, -0.15) is 0 Å². The Balaban J connectivity index is 2.04. The maximum absolute atomic E-state index is 12.3. The Morgan fingerprint density at radius 3 is 2.75 bits per heavy atom. The molecule has 1 saturated carbocycles. The summed E-state index contributed by atoms with van der Waals surface area (Å²) in [4.78, 5) is 12.3. The molecular weight excluding hydrogens is 250 g/mol. The van der Waals surface area contributed by atoms with E-state index in [1.54, 1.807) is 0 Å². The van der Waals surface area contributed by atoms with Crippen molar-refractivity contribution in [3.63, 3.8) is 0 Å². The van der Waals surface area contributed by atoms with Crippen molar-refractivity contribution in [3.8, 4) is 0 Å². The zero-order valence-corrected chi connectivity index (χ0v) is 11.8. The van der Waals surface area contributed by atoms with Gasteiger partial charge in [0.1, 0.15) is 0 Å². The normalized spacial score (nSPS) is 24.6. The molecule has 1 aliphatic carbocycles. The lowest BCUT2D eigenvalue weighted by molar-refractivity contribution is -0.144. The van der Waals surface area contributed by atoms with Gasteiger partial charge < -0.3 is 10.1 Å². The van der Waals surface area contributed by atoms with Gasteiger partial charge in [0.05, 0.1) is 12.5 Å². The smallest absolute Gasteiger partial charge is 0.316 e. The Bertz CT molecular complexity index is 652. The third-order valence-corrected chi connectivity index (χ3v) is 4.37. The van der Waals surface area contributed by atoms with Gasteiger partial charge in [-0.25, -0.2) is 0 Å². The number of benzene rings is 2. The minimum atomic E-state index is -0.457. The molecule has 1 aliphatic rings. The maximum Gasteiger partial charge on any atom is 0.316 e. The van der Waals surface area contributed by atoms with E-state index in [9.17, 15) is 4.79 Å². The number of hydrogen-bond acceptors (Lipinski definition) is 3. The summed E-state index contributed by atoms with van der Waals surface area (Å²) in [6.45, 7) is 0.835. The van der Waals surface area contributed by atoms with Gasteiger partial charge in [-0.15, -0.1) is 0 Å². The van der Waals surface area contributed by atoms with Crippen molar-refractivity contribution in [1.82, 2.24) is 5.32 Å². The van der Waals surface area contributed by atoms with Gasteiger partial charge in [-0.1, -0.05) is 36.4 Å². The van der Waals surface area contributed by atoms with Crippen molar-refractivity contribution in [2.75, 3.05) is 20.7 Å². The summed E-state index contributed by atoms with van der Waals surface area (Å²) < 4.78 is 5.05. The van der Waals surface area contributed by atoms with Crippen molar-refractivity contribution in [2.24, 2.45) is 5.92 Å². The summed E-state index contributed by atoms with van der Waals surface area (Å²) in [7, 11) is 3.39. The van der Waals surface area contributed by atoms with E-state index in [4.69, 9.17) is 4.74 Å². The molecule has 0 spiro atoms. The minimum absolute atomic E-state index is 0.118. The average Bonchev–Trinajstić information content (AvgIpc) is 3.21. The van der Waals surface area contributed by atoms with E-state index in [-0.39, 0.29) is 5.97 Å². The molecule has 0 heterocycles. The Morgan fingerprint density at radius 1 is 1.30 bits per heavy atom. The molecule has 0 amide bonds. The topological polar surface area (TPSA) is 38.3 Å². The molecule has 3 heteroatoms. The van der Waals surface area contributed by atoms with Gasteiger partial charge in [-0.05, 0) is 48.3 Å². The van der Waals surface area contributed by atoms with Crippen LogP contribution in [0.3, 0.4) is 0 Å². The number of esters is 1. The third-order valence-electron chi connectivity index (χ3n) is 4.37. The first kappa shape index (κ1) is 13.1. The molecule has 3 rings (SSSR count). The second kappa shape index (κ2) is 4.91. The summed E-state index contributed by atoms with van der Waals surface area (Å²) >= 11 is 0. The first-order chi connectivity index (χ1) is 9.72. The lowest BCUT2D eigenvalue weighted by atomic mass is 9.91. The standard InChI is InChI=1S/C17H19NO2/c1-18-11-15-10-17(15,16(19)20-2)14-8-7-12-5-3-4-6-13(12)9-14/h3-9,15,18H,10-11H2,1-2H3/t15-,17-/m0/s1. The van der Waals surface area contributed by atoms with Crippen LogP contribution in [0.15, 0.2) is 42.5 Å². The molecule has 0 radical (unpaired) electrons. The molecule has 3 nitrogen and oxygen atoms in total. The van der Waals surface area contributed by atoms with Gasteiger partial charge in [0.2, 0.25) is 0 Å². The number of hydrogen-bond donors (Lipinski definition) is 1. The Hall–Kier alpha value is -1.87. The highest BCUT2D eigenvalue weighted by atomic mass is 16.5. The molecule has 0 bridgehead atoms. The summed E-state index contributed by atoms with van der Waals surface area (Å²) in [6.07, 6.45) is 0.860. The largest absolute Gasteiger partial charge is 0.468 e. The van der Waals surface area contributed by atoms with Gasteiger partial charge in [-0.3, -0.25) is 4.79 Å². The van der Waals surface area contributed by atoms with E-state index < -0.39 is 5.41 Å². The fourth-order valence-electron chi connectivity index (χ4n) is 3.19. The number of carbonyl (C=O) groups excluding carboxylic acids is 1. The highest BCUT2D eigenvalue weighted by Gasteiger charge is 2.61. The molecule has 20 heavy (non-hydrogen) atoms. The van der Waals surface area contributed by atoms with Crippen LogP contribution in [0.1, 0.15) is 12.0 Å². The summed E-state index contributed by atoms with van der Waals surface area (Å²) in [5, 5.41) is 5.53. The van der Waals surface area contributed by atoms with Crippen LogP contribution in [0.25, 0.3) is 10.8 Å². The number of fused-ring (bicyclic) bond motifs is 1. The van der Waals surface area contributed by atoms with Gasteiger partial charge in [0, 0.05) is 0 Å². The van der Waals surface area contributed by atoms with Crippen molar-refractivity contribution in [3.05, 3.63) is 48.0 Å². The van der Waals surface area contributed by atoms with Crippen molar-refractivity contribution in [1.29, 1.82) is 0 Å². The number of rotatable bonds is 4. The molecule has 0 saturated heterocycles. The maximum atomic E-state index is 12.3. The van der Waals surface area contributed by atoms with Crippen molar-refractivity contribution < 1.29 is 9.53 Å². The summed E-state index contributed by atoms with van der Waals surface area (Å²) in [5.41, 5.74) is 0.616. The van der Waals surface area contributed by atoms with Gasteiger partial charge >= 0.3 is 5.97 Å². The molecule has 2 aromatic rings. The van der Waals surface area contributed by atoms with E-state index in [2.05, 4.69) is 35.6 Å². The predicted octanol–water partition coefficient (Wildman–Crippen LogP) is 2.49. The Kier molecular flexibility index (Phi) is 3.22. The minimum Gasteiger partial charge on any atom is -0.468 e. The fourth-order valence-corrected chi connectivity index (χ4v) is 3.19. The Labute approximate surface area is 118 Å². The van der Waals surface area contributed by atoms with Crippen molar-refractivity contribution in [2.45, 2.75) is 11.8 Å². The van der Waals surface area contributed by atoms with Crippen molar-refractivity contribution >= 4 is 16.7 Å². The molecule has 0 aromatic heterocycles. The fraction of sp³-hybridized carbons (Fsp3) is 0.353. The first-order valence-corrected chi connectivity index (χ1v) is 6.94. The van der Waals surface area contributed by atoms with Crippen LogP contribution in [-0.2, 0) is 14.9 Å². The lowest BCUT2D eigenvalue weighted by Gasteiger charge is -2.16. The third kappa shape index (κ3) is 1.90. The number of nitrogens with one attached hydrogen (secondary N) is 1. The van der Waals surface area contributed by atoms with Crippen LogP contribution >= 0.6 is 0 Å². The molecule has 1 N–H and O–H groups in total. The van der Waals surface area contributed by atoms with Crippen LogP contribution in [0.2, 0.25) is 0 Å². The second-order valence-corrected chi connectivity index (χ2v) is 5.48. The Morgan fingerprint density at radius 2 is 2.05 bits per heavy atom. The van der Waals surface area contributed by atoms with Crippen LogP contribution in [-0.4, -0.2) is 26.7 Å². The first-order valence-electron chi connectivity index (χ1n) is 6.94. The lowest BCUT2D eigenvalue weighted by Crippen LogP contribution is -2.27. The number of carbonyl (C=O) groups is 1. The summed E-state index contributed by atoms with van der Waals surface area (Å²) in [5.74, 6) is 0.203. The van der Waals surface area contributed by atoms with Gasteiger partial charge in [0.25, 0.3) is 0 Å². The molecule has 1 fully saturated rings.